The van der Waals surface area contributed by atoms with Crippen molar-refractivity contribution in [1.29, 1.82) is 0 Å². The van der Waals surface area contributed by atoms with Crippen LogP contribution in [0.2, 0.25) is 0 Å². The maximum absolute atomic E-state index is 5.08. The van der Waals surface area contributed by atoms with Crippen molar-refractivity contribution in [3.63, 3.8) is 0 Å². The highest BCUT2D eigenvalue weighted by Gasteiger charge is 2.07. The fraction of sp³-hybridized carbons (Fsp3) is 0.400. The number of hydrogen-bond donors (Lipinski definition) is 1. The number of hydrogen-bond acceptors (Lipinski definition) is 4. The molecule has 0 saturated carbocycles. The molecule has 1 unspecified atom stereocenters. The third-order valence-corrected chi connectivity index (χ3v) is 4.44. The van der Waals surface area contributed by atoms with Crippen LogP contribution in [-0.4, -0.2) is 24.7 Å². The Morgan fingerprint density at radius 3 is 3.05 bits per heavy atom. The van der Waals surface area contributed by atoms with Crippen LogP contribution in [0.15, 0.2) is 34.1 Å². The zero-order chi connectivity index (χ0) is 14.4. The maximum Gasteiger partial charge on any atom is 0.123 e. The van der Waals surface area contributed by atoms with Gasteiger partial charge in [-0.2, -0.15) is 0 Å². The highest BCUT2D eigenvalue weighted by molar-refractivity contribution is 9.10. The number of thiazole rings is 1. The zero-order valence-electron chi connectivity index (χ0n) is 11.7. The lowest BCUT2D eigenvalue weighted by molar-refractivity contribution is 0.184. The fourth-order valence-electron chi connectivity index (χ4n) is 1.82. The van der Waals surface area contributed by atoms with Crippen molar-refractivity contribution >= 4 is 27.3 Å². The van der Waals surface area contributed by atoms with Crippen LogP contribution in [0.4, 0.5) is 0 Å². The lowest BCUT2D eigenvalue weighted by Crippen LogP contribution is -2.26. The zero-order valence-corrected chi connectivity index (χ0v) is 14.1. The normalized spacial score (nSPS) is 12.6. The number of nitrogens with zero attached hydrogens (tertiary/aromatic N) is 1. The van der Waals surface area contributed by atoms with E-state index in [4.69, 9.17) is 4.74 Å². The summed E-state index contributed by atoms with van der Waals surface area (Å²) >= 11 is 5.18. The molecule has 0 aliphatic carbocycles. The van der Waals surface area contributed by atoms with Crippen LogP contribution in [0.3, 0.4) is 0 Å². The molecule has 0 amide bonds. The van der Waals surface area contributed by atoms with E-state index in [1.807, 2.05) is 12.1 Å². The summed E-state index contributed by atoms with van der Waals surface area (Å²) in [4.78, 5) is 4.68. The third-order valence-electron chi connectivity index (χ3n) is 3.01. The second-order valence-corrected chi connectivity index (χ2v) is 6.49. The topological polar surface area (TPSA) is 34.1 Å². The van der Waals surface area contributed by atoms with Gasteiger partial charge >= 0.3 is 0 Å². The quantitative estimate of drug-likeness (QED) is 0.812. The van der Waals surface area contributed by atoms with E-state index in [2.05, 4.69) is 50.7 Å². The predicted octanol–water partition coefficient (Wildman–Crippen LogP) is 4.09. The van der Waals surface area contributed by atoms with E-state index in [1.165, 1.54) is 0 Å². The molecule has 1 N–H and O–H groups in total. The van der Waals surface area contributed by atoms with Gasteiger partial charge in [-0.25, -0.2) is 4.98 Å². The van der Waals surface area contributed by atoms with Crippen LogP contribution < -0.4 is 5.32 Å². The minimum Gasteiger partial charge on any atom is -0.385 e. The standard InChI is InChI=1S/C15H19BrN2OS/c1-11(6-7-19-2)17-9-14-10-20-15(18-14)12-4-3-5-13(16)8-12/h3-5,8,10-11,17H,6-7,9H2,1-2H3. The van der Waals surface area contributed by atoms with Gasteiger partial charge in [0, 0.05) is 41.7 Å². The molecule has 20 heavy (non-hydrogen) atoms. The lowest BCUT2D eigenvalue weighted by atomic mass is 10.2. The molecule has 0 saturated heterocycles. The number of rotatable bonds is 7. The Labute approximate surface area is 132 Å². The number of benzene rings is 1. The molecule has 1 heterocycles. The second-order valence-electron chi connectivity index (χ2n) is 4.72. The molecule has 5 heteroatoms. The van der Waals surface area contributed by atoms with Crippen molar-refractivity contribution in [2.75, 3.05) is 13.7 Å². The van der Waals surface area contributed by atoms with Gasteiger partial charge in [0.15, 0.2) is 0 Å². The van der Waals surface area contributed by atoms with E-state index in [0.29, 0.717) is 6.04 Å². The molecule has 0 bridgehead atoms. The summed E-state index contributed by atoms with van der Waals surface area (Å²) in [6.45, 7) is 3.75. The van der Waals surface area contributed by atoms with Gasteiger partial charge in [-0.1, -0.05) is 28.1 Å². The first-order valence-electron chi connectivity index (χ1n) is 6.61. The van der Waals surface area contributed by atoms with E-state index in [9.17, 15) is 0 Å². The third kappa shape index (κ3) is 4.66. The molecule has 3 nitrogen and oxygen atoms in total. The van der Waals surface area contributed by atoms with E-state index in [-0.39, 0.29) is 0 Å². The Bertz CT molecular complexity index is 544. The largest absolute Gasteiger partial charge is 0.385 e. The van der Waals surface area contributed by atoms with Crippen molar-refractivity contribution in [2.24, 2.45) is 0 Å². The minimum atomic E-state index is 0.436. The van der Waals surface area contributed by atoms with Gasteiger partial charge in [0.2, 0.25) is 0 Å². The molecule has 0 aliphatic rings. The molecular formula is C15H19BrN2OS. The predicted molar refractivity (Wildman–Crippen MR) is 88.0 cm³/mol. The van der Waals surface area contributed by atoms with Gasteiger partial charge in [0.25, 0.3) is 0 Å². The monoisotopic (exact) mass is 354 g/mol. The van der Waals surface area contributed by atoms with Gasteiger partial charge in [-0.15, -0.1) is 11.3 Å². The SMILES string of the molecule is COCCC(C)NCc1csc(-c2cccc(Br)c2)n1. The Hall–Kier alpha value is -0.750. The molecule has 2 rings (SSSR count). The Morgan fingerprint density at radius 2 is 2.30 bits per heavy atom. The number of halogens is 1. The molecule has 0 aliphatic heterocycles. The molecule has 0 spiro atoms. The van der Waals surface area contributed by atoms with E-state index in [0.717, 1.165) is 40.3 Å². The Morgan fingerprint density at radius 1 is 1.45 bits per heavy atom. The van der Waals surface area contributed by atoms with Gasteiger partial charge < -0.3 is 10.1 Å². The molecule has 2 aromatic rings. The number of methoxy groups -OCH3 is 1. The van der Waals surface area contributed by atoms with Crippen LogP contribution in [0.1, 0.15) is 19.0 Å². The van der Waals surface area contributed by atoms with Crippen molar-refractivity contribution in [3.8, 4) is 10.6 Å². The Balaban J connectivity index is 1.92. The average molecular weight is 355 g/mol. The van der Waals surface area contributed by atoms with E-state index in [1.54, 1.807) is 18.4 Å². The summed E-state index contributed by atoms with van der Waals surface area (Å²) in [6, 6.07) is 8.67. The van der Waals surface area contributed by atoms with Crippen LogP contribution >= 0.6 is 27.3 Å². The van der Waals surface area contributed by atoms with Crippen molar-refractivity contribution in [1.82, 2.24) is 10.3 Å². The first kappa shape index (κ1) is 15.6. The first-order valence-corrected chi connectivity index (χ1v) is 8.29. The minimum absolute atomic E-state index is 0.436. The fourth-order valence-corrected chi connectivity index (χ4v) is 3.03. The summed E-state index contributed by atoms with van der Waals surface area (Å²) in [5, 5.41) is 6.64. The van der Waals surface area contributed by atoms with Gasteiger partial charge in [-0.3, -0.25) is 0 Å². The van der Waals surface area contributed by atoms with Crippen LogP contribution in [0.25, 0.3) is 10.6 Å². The number of ether oxygens (including phenoxy) is 1. The van der Waals surface area contributed by atoms with Gasteiger partial charge in [0.05, 0.1) is 5.69 Å². The van der Waals surface area contributed by atoms with Gasteiger partial charge in [-0.05, 0) is 25.5 Å². The maximum atomic E-state index is 5.08. The van der Waals surface area contributed by atoms with E-state index < -0.39 is 0 Å². The summed E-state index contributed by atoms with van der Waals surface area (Å²) in [6.07, 6.45) is 1.01. The van der Waals surface area contributed by atoms with Crippen LogP contribution in [0, 0.1) is 0 Å². The lowest BCUT2D eigenvalue weighted by Gasteiger charge is -2.11. The number of nitrogens with one attached hydrogen (secondary N) is 1. The smallest absolute Gasteiger partial charge is 0.123 e. The van der Waals surface area contributed by atoms with Crippen molar-refractivity contribution in [3.05, 3.63) is 39.8 Å². The molecular weight excluding hydrogens is 336 g/mol. The molecule has 1 atom stereocenters. The second kappa shape index (κ2) is 7.88. The van der Waals surface area contributed by atoms with Crippen LogP contribution in [0.5, 0.6) is 0 Å². The molecule has 108 valence electrons. The number of aromatic nitrogens is 1. The summed E-state index contributed by atoms with van der Waals surface area (Å²) in [7, 11) is 1.73. The highest BCUT2D eigenvalue weighted by Crippen LogP contribution is 2.26. The first-order chi connectivity index (χ1) is 9.69. The molecule has 0 radical (unpaired) electrons. The van der Waals surface area contributed by atoms with Crippen molar-refractivity contribution in [2.45, 2.75) is 25.9 Å². The molecule has 1 aromatic carbocycles. The van der Waals surface area contributed by atoms with Crippen LogP contribution in [-0.2, 0) is 11.3 Å². The van der Waals surface area contributed by atoms with Crippen molar-refractivity contribution < 1.29 is 4.74 Å². The molecule has 0 fully saturated rings. The highest BCUT2D eigenvalue weighted by atomic mass is 79.9. The van der Waals surface area contributed by atoms with E-state index >= 15 is 0 Å². The molecule has 1 aromatic heterocycles. The average Bonchev–Trinajstić information content (AvgIpc) is 2.92. The van der Waals surface area contributed by atoms with Gasteiger partial charge in [0.1, 0.15) is 5.01 Å². The Kier molecular flexibility index (Phi) is 6.16. The summed E-state index contributed by atoms with van der Waals surface area (Å²) in [5.41, 5.74) is 2.25. The summed E-state index contributed by atoms with van der Waals surface area (Å²) < 4.78 is 6.16. The summed E-state index contributed by atoms with van der Waals surface area (Å²) in [5.74, 6) is 0.